The molecule has 1 atom stereocenters. The highest BCUT2D eigenvalue weighted by Crippen LogP contribution is 2.10. The Morgan fingerprint density at radius 3 is 2.36 bits per heavy atom. The number of alkyl halides is 1. The van der Waals surface area contributed by atoms with Crippen LogP contribution in [0.15, 0.2) is 0 Å². The molecule has 0 saturated carbocycles. The molecule has 0 amide bonds. The van der Waals surface area contributed by atoms with Crippen LogP contribution < -0.4 is 0 Å². The maximum absolute atomic E-state index is 10.3. The SMILES string of the molecule is CC(=O)SCC(Br)C(=O)O.Cl. The van der Waals surface area contributed by atoms with Crippen LogP contribution >= 0.6 is 40.1 Å². The molecule has 66 valence electrons. The minimum absolute atomic E-state index is 0. The van der Waals surface area contributed by atoms with E-state index in [2.05, 4.69) is 15.9 Å². The highest BCUT2D eigenvalue weighted by molar-refractivity contribution is 9.10. The number of carboxylic acid groups (broad SMARTS) is 1. The standard InChI is InChI=1S/C5H7BrO3S.ClH/c1-3(7)10-2-4(6)5(8)9;/h4H,2H2,1H3,(H,8,9);1H. The van der Waals surface area contributed by atoms with Crippen molar-refractivity contribution in [2.75, 3.05) is 5.75 Å². The average molecular weight is 264 g/mol. The molecule has 0 aliphatic carbocycles. The molecule has 0 aliphatic rings. The molecule has 0 radical (unpaired) electrons. The molecule has 0 fully saturated rings. The molecule has 0 aromatic heterocycles. The van der Waals surface area contributed by atoms with Gasteiger partial charge in [0.1, 0.15) is 4.83 Å². The number of carbonyl (C=O) groups is 2. The quantitative estimate of drug-likeness (QED) is 0.785. The molecule has 0 spiro atoms. The highest BCUT2D eigenvalue weighted by Gasteiger charge is 2.13. The zero-order valence-corrected chi connectivity index (χ0v) is 8.96. The Balaban J connectivity index is 0. The van der Waals surface area contributed by atoms with E-state index in [4.69, 9.17) is 5.11 Å². The van der Waals surface area contributed by atoms with Crippen LogP contribution in [-0.4, -0.2) is 26.8 Å². The van der Waals surface area contributed by atoms with Gasteiger partial charge in [0.05, 0.1) is 0 Å². The van der Waals surface area contributed by atoms with Crippen LogP contribution in [-0.2, 0) is 9.59 Å². The molecular weight excluding hydrogens is 255 g/mol. The molecule has 0 aromatic rings. The highest BCUT2D eigenvalue weighted by atomic mass is 79.9. The van der Waals surface area contributed by atoms with Gasteiger partial charge in [-0.25, -0.2) is 0 Å². The molecule has 0 bridgehead atoms. The van der Waals surface area contributed by atoms with Crippen molar-refractivity contribution in [1.29, 1.82) is 0 Å². The lowest BCUT2D eigenvalue weighted by Gasteiger charge is -1.99. The van der Waals surface area contributed by atoms with E-state index in [1.165, 1.54) is 6.92 Å². The maximum atomic E-state index is 10.3. The normalized spacial score (nSPS) is 11.5. The average Bonchev–Trinajstić information content (AvgIpc) is 1.82. The number of hydrogen-bond donors (Lipinski definition) is 1. The van der Waals surface area contributed by atoms with Crippen LogP contribution in [0, 0.1) is 0 Å². The summed E-state index contributed by atoms with van der Waals surface area (Å²) in [6, 6.07) is 0. The topological polar surface area (TPSA) is 54.4 Å². The van der Waals surface area contributed by atoms with E-state index in [9.17, 15) is 9.59 Å². The van der Waals surface area contributed by atoms with Gasteiger partial charge in [-0.2, -0.15) is 0 Å². The smallest absolute Gasteiger partial charge is 0.318 e. The second-order valence-electron chi connectivity index (χ2n) is 1.61. The molecular formula is C5H8BrClO3S. The van der Waals surface area contributed by atoms with Gasteiger partial charge in [-0.05, 0) is 0 Å². The summed E-state index contributed by atoms with van der Waals surface area (Å²) in [7, 11) is 0. The van der Waals surface area contributed by atoms with Crippen molar-refractivity contribution >= 4 is 51.2 Å². The fraction of sp³-hybridized carbons (Fsp3) is 0.600. The van der Waals surface area contributed by atoms with E-state index < -0.39 is 10.8 Å². The summed E-state index contributed by atoms with van der Waals surface area (Å²) in [5.41, 5.74) is 0. The predicted molar refractivity (Wildman–Crippen MR) is 50.7 cm³/mol. The lowest BCUT2D eigenvalue weighted by Crippen LogP contribution is -2.15. The second-order valence-corrected chi connectivity index (χ2v) is 3.91. The third-order valence-corrected chi connectivity index (χ3v) is 2.75. The molecule has 0 heterocycles. The lowest BCUT2D eigenvalue weighted by molar-refractivity contribution is -0.135. The molecule has 0 rings (SSSR count). The van der Waals surface area contributed by atoms with E-state index in [0.29, 0.717) is 0 Å². The van der Waals surface area contributed by atoms with E-state index in [0.717, 1.165) is 11.8 Å². The third kappa shape index (κ3) is 8.16. The first-order valence-electron chi connectivity index (χ1n) is 2.54. The van der Waals surface area contributed by atoms with Gasteiger partial charge in [0.2, 0.25) is 0 Å². The van der Waals surface area contributed by atoms with Gasteiger partial charge in [-0.1, -0.05) is 27.7 Å². The number of carboxylic acids is 1. The van der Waals surface area contributed by atoms with E-state index in [1.807, 2.05) is 0 Å². The Bertz CT molecular complexity index is 153. The summed E-state index contributed by atoms with van der Waals surface area (Å²) in [4.78, 5) is 19.8. The number of carbonyl (C=O) groups excluding carboxylic acids is 1. The van der Waals surface area contributed by atoms with E-state index >= 15 is 0 Å². The van der Waals surface area contributed by atoms with Crippen molar-refractivity contribution in [3.63, 3.8) is 0 Å². The largest absolute Gasteiger partial charge is 0.480 e. The van der Waals surface area contributed by atoms with Crippen LogP contribution in [0.1, 0.15) is 6.92 Å². The predicted octanol–water partition coefficient (Wildman–Crippen LogP) is 1.54. The monoisotopic (exact) mass is 262 g/mol. The first kappa shape index (κ1) is 13.8. The van der Waals surface area contributed by atoms with Crippen molar-refractivity contribution in [1.82, 2.24) is 0 Å². The Morgan fingerprint density at radius 2 is 2.09 bits per heavy atom. The molecule has 6 heteroatoms. The van der Waals surface area contributed by atoms with Crippen molar-refractivity contribution in [2.24, 2.45) is 0 Å². The molecule has 0 saturated heterocycles. The van der Waals surface area contributed by atoms with Crippen LogP contribution in [0.25, 0.3) is 0 Å². The van der Waals surface area contributed by atoms with Gasteiger partial charge in [0.25, 0.3) is 0 Å². The van der Waals surface area contributed by atoms with E-state index in [-0.39, 0.29) is 23.3 Å². The molecule has 3 nitrogen and oxygen atoms in total. The molecule has 1 unspecified atom stereocenters. The third-order valence-electron chi connectivity index (χ3n) is 0.701. The maximum Gasteiger partial charge on any atom is 0.318 e. The summed E-state index contributed by atoms with van der Waals surface area (Å²) >= 11 is 3.90. The van der Waals surface area contributed by atoms with Crippen LogP contribution in [0.4, 0.5) is 0 Å². The van der Waals surface area contributed by atoms with Crippen molar-refractivity contribution < 1.29 is 14.7 Å². The number of rotatable bonds is 3. The summed E-state index contributed by atoms with van der Waals surface area (Å²) in [5, 5.41) is 8.26. The summed E-state index contributed by atoms with van der Waals surface area (Å²) in [6.45, 7) is 1.41. The van der Waals surface area contributed by atoms with Gasteiger partial charge in [0.15, 0.2) is 5.12 Å². The van der Waals surface area contributed by atoms with Gasteiger partial charge < -0.3 is 5.11 Å². The van der Waals surface area contributed by atoms with E-state index in [1.54, 1.807) is 0 Å². The lowest BCUT2D eigenvalue weighted by atomic mass is 10.5. The Morgan fingerprint density at radius 1 is 1.64 bits per heavy atom. The summed E-state index contributed by atoms with van der Waals surface area (Å²) in [6.07, 6.45) is 0. The van der Waals surface area contributed by atoms with Crippen molar-refractivity contribution in [2.45, 2.75) is 11.8 Å². The zero-order valence-electron chi connectivity index (χ0n) is 5.74. The minimum Gasteiger partial charge on any atom is -0.480 e. The molecule has 0 aliphatic heterocycles. The van der Waals surface area contributed by atoms with Crippen LogP contribution in [0.2, 0.25) is 0 Å². The Labute approximate surface area is 83.5 Å². The Kier molecular flexibility index (Phi) is 8.72. The first-order chi connectivity index (χ1) is 4.54. The number of thioether (sulfide) groups is 1. The number of halogens is 2. The van der Waals surface area contributed by atoms with Crippen molar-refractivity contribution in [3.05, 3.63) is 0 Å². The molecule has 0 aromatic carbocycles. The van der Waals surface area contributed by atoms with Gasteiger partial charge >= 0.3 is 5.97 Å². The number of hydrogen-bond acceptors (Lipinski definition) is 3. The minimum atomic E-state index is -0.936. The van der Waals surface area contributed by atoms with Gasteiger partial charge in [-0.15, -0.1) is 12.4 Å². The Hall–Kier alpha value is 0.260. The molecule has 1 N–H and O–H groups in total. The van der Waals surface area contributed by atoms with Gasteiger partial charge in [0, 0.05) is 12.7 Å². The second kappa shape index (κ2) is 6.94. The van der Waals surface area contributed by atoms with Crippen molar-refractivity contribution in [3.8, 4) is 0 Å². The summed E-state index contributed by atoms with van der Waals surface area (Å²) in [5.74, 6) is -0.654. The first-order valence-corrected chi connectivity index (χ1v) is 4.44. The zero-order chi connectivity index (χ0) is 8.15. The fourth-order valence-electron chi connectivity index (χ4n) is 0.262. The summed E-state index contributed by atoms with van der Waals surface area (Å²) < 4.78 is 0. The van der Waals surface area contributed by atoms with Gasteiger partial charge in [-0.3, -0.25) is 9.59 Å². The van der Waals surface area contributed by atoms with Crippen LogP contribution in [0.5, 0.6) is 0 Å². The molecule has 11 heavy (non-hydrogen) atoms. The fourth-order valence-corrected chi connectivity index (χ4v) is 1.18. The number of aliphatic carboxylic acids is 1. The van der Waals surface area contributed by atoms with Crippen LogP contribution in [0.3, 0.4) is 0 Å².